The Morgan fingerprint density at radius 2 is 2.29 bits per heavy atom. The number of rotatable bonds is 4. The molecule has 0 radical (unpaired) electrons. The Morgan fingerprint density at radius 1 is 1.47 bits per heavy atom. The Hall–Kier alpha value is -1.47. The molecule has 5 nitrogen and oxygen atoms in total. The molecule has 17 heavy (non-hydrogen) atoms. The van der Waals surface area contributed by atoms with Gasteiger partial charge in [-0.05, 0) is 53.0 Å². The van der Waals surface area contributed by atoms with Crippen LogP contribution in [0.15, 0.2) is 28.3 Å². The first kappa shape index (κ1) is 12.0. The van der Waals surface area contributed by atoms with Gasteiger partial charge < -0.3 is 5.32 Å². The standard InChI is InChI=1S/C10H12FN5S/c1-12-6-7-5-8(11)3-4-9(7)17-10-13-14-15-16(10)2/h3-5,12H,6H2,1-2H3. The van der Waals surface area contributed by atoms with Crippen molar-refractivity contribution in [2.45, 2.75) is 16.6 Å². The van der Waals surface area contributed by atoms with Gasteiger partial charge >= 0.3 is 0 Å². The Bertz CT molecular complexity index is 513. The molecule has 0 saturated carbocycles. The van der Waals surface area contributed by atoms with Crippen LogP contribution >= 0.6 is 11.8 Å². The highest BCUT2D eigenvalue weighted by Crippen LogP contribution is 2.28. The van der Waals surface area contributed by atoms with E-state index in [0.29, 0.717) is 11.7 Å². The fraction of sp³-hybridized carbons (Fsp3) is 0.300. The van der Waals surface area contributed by atoms with Gasteiger partial charge in [0.05, 0.1) is 0 Å². The summed E-state index contributed by atoms with van der Waals surface area (Å²) in [5, 5.41) is 14.9. The van der Waals surface area contributed by atoms with Gasteiger partial charge in [0.2, 0.25) is 5.16 Å². The molecule has 1 N–H and O–H groups in total. The van der Waals surface area contributed by atoms with E-state index in [1.54, 1.807) is 17.8 Å². The largest absolute Gasteiger partial charge is 0.316 e. The van der Waals surface area contributed by atoms with Crippen molar-refractivity contribution < 1.29 is 4.39 Å². The molecular formula is C10H12FN5S. The Morgan fingerprint density at radius 3 is 2.94 bits per heavy atom. The van der Waals surface area contributed by atoms with Crippen LogP contribution in [-0.2, 0) is 13.6 Å². The molecule has 0 aliphatic rings. The summed E-state index contributed by atoms with van der Waals surface area (Å²) < 4.78 is 14.7. The molecule has 0 unspecified atom stereocenters. The molecular weight excluding hydrogens is 241 g/mol. The normalized spacial score (nSPS) is 10.8. The zero-order valence-corrected chi connectivity index (χ0v) is 10.3. The van der Waals surface area contributed by atoms with Crippen LogP contribution in [0.2, 0.25) is 0 Å². The second-order valence-electron chi connectivity index (χ2n) is 3.47. The van der Waals surface area contributed by atoms with E-state index in [9.17, 15) is 4.39 Å². The van der Waals surface area contributed by atoms with E-state index in [4.69, 9.17) is 0 Å². The smallest absolute Gasteiger partial charge is 0.213 e. The summed E-state index contributed by atoms with van der Waals surface area (Å²) in [6.45, 7) is 0.603. The van der Waals surface area contributed by atoms with Crippen LogP contribution in [0.5, 0.6) is 0 Å². The van der Waals surface area contributed by atoms with Gasteiger partial charge in [-0.1, -0.05) is 0 Å². The van der Waals surface area contributed by atoms with Crippen molar-refractivity contribution in [1.29, 1.82) is 0 Å². The lowest BCUT2D eigenvalue weighted by Crippen LogP contribution is -2.06. The molecule has 0 aliphatic heterocycles. The number of hydrogen-bond donors (Lipinski definition) is 1. The van der Waals surface area contributed by atoms with Crippen molar-refractivity contribution in [3.05, 3.63) is 29.6 Å². The summed E-state index contributed by atoms with van der Waals surface area (Å²) >= 11 is 1.42. The van der Waals surface area contributed by atoms with Gasteiger partial charge in [0.1, 0.15) is 5.82 Å². The third kappa shape index (κ3) is 2.80. The summed E-state index contributed by atoms with van der Waals surface area (Å²) in [7, 11) is 3.59. The number of benzene rings is 1. The summed E-state index contributed by atoms with van der Waals surface area (Å²) in [5.74, 6) is -0.240. The van der Waals surface area contributed by atoms with Crippen molar-refractivity contribution in [3.8, 4) is 0 Å². The lowest BCUT2D eigenvalue weighted by Gasteiger charge is -2.07. The van der Waals surface area contributed by atoms with Gasteiger partial charge in [-0.3, -0.25) is 0 Å². The molecule has 2 aromatic rings. The van der Waals surface area contributed by atoms with Crippen molar-refractivity contribution in [2.24, 2.45) is 7.05 Å². The Balaban J connectivity index is 2.29. The summed E-state index contributed by atoms with van der Waals surface area (Å²) in [6.07, 6.45) is 0. The predicted octanol–water partition coefficient (Wildman–Crippen LogP) is 1.22. The van der Waals surface area contributed by atoms with E-state index in [-0.39, 0.29) is 5.82 Å². The molecule has 1 aromatic heterocycles. The van der Waals surface area contributed by atoms with E-state index in [0.717, 1.165) is 10.5 Å². The van der Waals surface area contributed by atoms with Crippen LogP contribution in [0.25, 0.3) is 0 Å². The highest BCUT2D eigenvalue weighted by atomic mass is 32.2. The lowest BCUT2D eigenvalue weighted by atomic mass is 10.2. The maximum Gasteiger partial charge on any atom is 0.213 e. The average molecular weight is 253 g/mol. The Kier molecular flexibility index (Phi) is 3.70. The zero-order chi connectivity index (χ0) is 12.3. The molecule has 0 amide bonds. The molecule has 1 aromatic carbocycles. The number of halogens is 1. The molecule has 0 spiro atoms. The fourth-order valence-electron chi connectivity index (χ4n) is 1.38. The minimum atomic E-state index is -0.240. The summed E-state index contributed by atoms with van der Waals surface area (Å²) in [6, 6.07) is 4.69. The summed E-state index contributed by atoms with van der Waals surface area (Å²) in [5.41, 5.74) is 0.889. The second-order valence-corrected chi connectivity index (χ2v) is 4.48. The number of aromatic nitrogens is 4. The third-order valence-corrected chi connectivity index (χ3v) is 3.32. The van der Waals surface area contributed by atoms with Crippen LogP contribution in [0.3, 0.4) is 0 Å². The third-order valence-electron chi connectivity index (χ3n) is 2.17. The van der Waals surface area contributed by atoms with E-state index in [1.807, 2.05) is 7.05 Å². The second kappa shape index (κ2) is 5.24. The molecule has 0 saturated heterocycles. The predicted molar refractivity (Wildman–Crippen MR) is 62.1 cm³/mol. The molecule has 0 fully saturated rings. The van der Waals surface area contributed by atoms with Crippen LogP contribution in [0.1, 0.15) is 5.56 Å². The molecule has 1 heterocycles. The molecule has 0 aliphatic carbocycles. The van der Waals surface area contributed by atoms with Gasteiger partial charge in [-0.2, -0.15) is 0 Å². The van der Waals surface area contributed by atoms with Crippen molar-refractivity contribution in [3.63, 3.8) is 0 Å². The number of nitrogens with one attached hydrogen (secondary N) is 1. The van der Waals surface area contributed by atoms with E-state index in [2.05, 4.69) is 20.8 Å². The van der Waals surface area contributed by atoms with Crippen LogP contribution in [0, 0.1) is 5.82 Å². The van der Waals surface area contributed by atoms with Crippen LogP contribution < -0.4 is 5.32 Å². The van der Waals surface area contributed by atoms with Crippen LogP contribution in [0.4, 0.5) is 4.39 Å². The molecule has 7 heteroatoms. The minimum absolute atomic E-state index is 0.240. The van der Waals surface area contributed by atoms with E-state index >= 15 is 0 Å². The van der Waals surface area contributed by atoms with Gasteiger partial charge in [0, 0.05) is 18.5 Å². The highest BCUT2D eigenvalue weighted by Gasteiger charge is 2.09. The van der Waals surface area contributed by atoms with Gasteiger partial charge in [0.25, 0.3) is 0 Å². The zero-order valence-electron chi connectivity index (χ0n) is 9.51. The topological polar surface area (TPSA) is 55.6 Å². The van der Waals surface area contributed by atoms with E-state index in [1.165, 1.54) is 23.9 Å². The van der Waals surface area contributed by atoms with Crippen molar-refractivity contribution in [1.82, 2.24) is 25.5 Å². The maximum atomic E-state index is 13.1. The summed E-state index contributed by atoms with van der Waals surface area (Å²) in [4.78, 5) is 0.943. The molecule has 0 bridgehead atoms. The van der Waals surface area contributed by atoms with Crippen molar-refractivity contribution >= 4 is 11.8 Å². The lowest BCUT2D eigenvalue weighted by molar-refractivity contribution is 0.621. The van der Waals surface area contributed by atoms with Gasteiger partial charge in [-0.15, -0.1) is 5.10 Å². The van der Waals surface area contributed by atoms with Gasteiger partial charge in [0.15, 0.2) is 0 Å². The average Bonchev–Trinajstić information content (AvgIpc) is 2.69. The molecule has 0 atom stereocenters. The first-order chi connectivity index (χ1) is 8.20. The maximum absolute atomic E-state index is 13.1. The number of tetrazole rings is 1. The first-order valence-corrected chi connectivity index (χ1v) is 5.85. The van der Waals surface area contributed by atoms with Crippen molar-refractivity contribution in [2.75, 3.05) is 7.05 Å². The number of nitrogens with zero attached hydrogens (tertiary/aromatic N) is 4. The minimum Gasteiger partial charge on any atom is -0.316 e. The quantitative estimate of drug-likeness (QED) is 0.888. The SMILES string of the molecule is CNCc1cc(F)ccc1Sc1nnnn1C. The van der Waals surface area contributed by atoms with Gasteiger partial charge in [-0.25, -0.2) is 9.07 Å². The Labute approximate surface area is 102 Å². The highest BCUT2D eigenvalue weighted by molar-refractivity contribution is 7.99. The number of hydrogen-bond acceptors (Lipinski definition) is 5. The van der Waals surface area contributed by atoms with E-state index < -0.39 is 0 Å². The fourth-order valence-corrected chi connectivity index (χ4v) is 2.22. The first-order valence-electron chi connectivity index (χ1n) is 5.04. The monoisotopic (exact) mass is 253 g/mol. The molecule has 90 valence electrons. The van der Waals surface area contributed by atoms with Crippen LogP contribution in [-0.4, -0.2) is 27.3 Å². The number of aryl methyl sites for hydroxylation is 1. The molecule has 2 rings (SSSR count).